The Bertz CT molecular complexity index is 830. The molecule has 0 N–H and O–H groups in total. The average Bonchev–Trinajstić information content (AvgIpc) is 2.92. The number of pyridine rings is 1. The van der Waals surface area contributed by atoms with E-state index in [1.54, 1.807) is 0 Å². The summed E-state index contributed by atoms with van der Waals surface area (Å²) in [5, 5.41) is 0. The summed E-state index contributed by atoms with van der Waals surface area (Å²) < 4.78 is 2.14. The van der Waals surface area contributed by atoms with Crippen LogP contribution in [0.15, 0.2) is 49.2 Å². The van der Waals surface area contributed by atoms with E-state index in [0.717, 1.165) is 37.5 Å². The van der Waals surface area contributed by atoms with E-state index in [1.807, 2.05) is 37.1 Å². The fourth-order valence-electron chi connectivity index (χ4n) is 3.85. The Morgan fingerprint density at radius 2 is 2.08 bits per heavy atom. The monoisotopic (exact) mass is 350 g/mol. The molecular formula is C20H26N6. The van der Waals surface area contributed by atoms with Crippen molar-refractivity contribution in [3.8, 4) is 0 Å². The highest BCUT2D eigenvalue weighted by Gasteiger charge is 2.21. The van der Waals surface area contributed by atoms with Gasteiger partial charge in [0.1, 0.15) is 0 Å². The van der Waals surface area contributed by atoms with Crippen LogP contribution < -0.4 is 0 Å². The SMILES string of the molecule is CN(Cc1ccccn1)C1CCCN(Cc2cnc3cnccn23)CC1. The molecular weight excluding hydrogens is 324 g/mol. The molecule has 26 heavy (non-hydrogen) atoms. The van der Waals surface area contributed by atoms with Crippen molar-refractivity contribution in [2.75, 3.05) is 20.1 Å². The third-order valence-electron chi connectivity index (χ3n) is 5.33. The number of imidazole rings is 1. The third-order valence-corrected chi connectivity index (χ3v) is 5.33. The first kappa shape index (κ1) is 17.1. The molecule has 6 nitrogen and oxygen atoms in total. The van der Waals surface area contributed by atoms with Crippen LogP contribution in [0.3, 0.4) is 0 Å². The van der Waals surface area contributed by atoms with Crippen LogP contribution in [0.2, 0.25) is 0 Å². The molecule has 1 saturated heterocycles. The molecule has 0 spiro atoms. The van der Waals surface area contributed by atoms with Crippen molar-refractivity contribution in [2.45, 2.75) is 38.4 Å². The average molecular weight is 350 g/mol. The summed E-state index contributed by atoms with van der Waals surface area (Å²) in [4.78, 5) is 18.1. The van der Waals surface area contributed by atoms with Crippen molar-refractivity contribution in [1.82, 2.24) is 29.2 Å². The Hall–Kier alpha value is -2.31. The summed E-state index contributed by atoms with van der Waals surface area (Å²) in [6, 6.07) is 6.77. The number of hydrogen-bond acceptors (Lipinski definition) is 5. The van der Waals surface area contributed by atoms with Gasteiger partial charge in [-0.05, 0) is 45.0 Å². The first-order valence-corrected chi connectivity index (χ1v) is 9.38. The Morgan fingerprint density at radius 1 is 1.12 bits per heavy atom. The second-order valence-corrected chi connectivity index (χ2v) is 7.15. The molecule has 4 heterocycles. The molecule has 1 unspecified atom stereocenters. The minimum Gasteiger partial charge on any atom is -0.300 e. The van der Waals surface area contributed by atoms with E-state index < -0.39 is 0 Å². The van der Waals surface area contributed by atoms with Crippen LogP contribution >= 0.6 is 0 Å². The van der Waals surface area contributed by atoms with Gasteiger partial charge in [0.25, 0.3) is 0 Å². The maximum Gasteiger partial charge on any atom is 0.155 e. The molecule has 4 rings (SSSR count). The fraction of sp³-hybridized carbons (Fsp3) is 0.450. The van der Waals surface area contributed by atoms with Crippen LogP contribution in [0.5, 0.6) is 0 Å². The van der Waals surface area contributed by atoms with E-state index in [9.17, 15) is 0 Å². The summed E-state index contributed by atoms with van der Waals surface area (Å²) in [5.41, 5.74) is 3.31. The molecule has 136 valence electrons. The lowest BCUT2D eigenvalue weighted by Gasteiger charge is -2.27. The van der Waals surface area contributed by atoms with E-state index in [4.69, 9.17) is 0 Å². The van der Waals surface area contributed by atoms with Crippen molar-refractivity contribution in [3.63, 3.8) is 0 Å². The molecule has 1 atom stereocenters. The van der Waals surface area contributed by atoms with Crippen LogP contribution in [0.4, 0.5) is 0 Å². The third kappa shape index (κ3) is 3.92. The van der Waals surface area contributed by atoms with Gasteiger partial charge in [-0.25, -0.2) is 4.98 Å². The topological polar surface area (TPSA) is 49.6 Å². The first-order chi connectivity index (χ1) is 12.8. The highest BCUT2D eigenvalue weighted by molar-refractivity contribution is 5.36. The Balaban J connectivity index is 1.36. The molecule has 3 aromatic heterocycles. The van der Waals surface area contributed by atoms with Gasteiger partial charge in [-0.3, -0.25) is 24.2 Å². The largest absolute Gasteiger partial charge is 0.300 e. The zero-order valence-corrected chi connectivity index (χ0v) is 15.3. The summed E-state index contributed by atoms with van der Waals surface area (Å²) >= 11 is 0. The van der Waals surface area contributed by atoms with Crippen LogP contribution in [0.25, 0.3) is 5.65 Å². The zero-order valence-electron chi connectivity index (χ0n) is 15.3. The van der Waals surface area contributed by atoms with E-state index >= 15 is 0 Å². The number of likely N-dealkylation sites (tertiary alicyclic amines) is 1. The molecule has 6 heteroatoms. The van der Waals surface area contributed by atoms with Gasteiger partial charge in [0, 0.05) is 44.3 Å². The van der Waals surface area contributed by atoms with Crippen molar-refractivity contribution in [3.05, 3.63) is 60.6 Å². The number of nitrogens with zero attached hydrogens (tertiary/aromatic N) is 6. The summed E-state index contributed by atoms with van der Waals surface area (Å²) in [6.07, 6.45) is 13.2. The molecule has 0 radical (unpaired) electrons. The molecule has 0 amide bonds. The van der Waals surface area contributed by atoms with Gasteiger partial charge >= 0.3 is 0 Å². The molecule has 0 bridgehead atoms. The minimum atomic E-state index is 0.619. The smallest absolute Gasteiger partial charge is 0.155 e. The molecule has 3 aromatic rings. The predicted molar refractivity (Wildman–Crippen MR) is 102 cm³/mol. The lowest BCUT2D eigenvalue weighted by molar-refractivity contribution is 0.204. The fourth-order valence-corrected chi connectivity index (χ4v) is 3.85. The van der Waals surface area contributed by atoms with Gasteiger partial charge in [0.05, 0.1) is 23.8 Å². The van der Waals surface area contributed by atoms with E-state index in [2.05, 4.69) is 48.3 Å². The van der Waals surface area contributed by atoms with Gasteiger partial charge in [0.15, 0.2) is 5.65 Å². The standard InChI is InChI=1S/C20H26N6/c1-24(15-17-5-2-3-8-22-17)18-6-4-10-25(11-7-18)16-19-13-23-20-14-21-9-12-26(19)20/h2-3,5,8-9,12-14,18H,4,6-7,10-11,15-16H2,1H3. The van der Waals surface area contributed by atoms with Crippen molar-refractivity contribution in [2.24, 2.45) is 0 Å². The van der Waals surface area contributed by atoms with Crippen LogP contribution in [-0.4, -0.2) is 55.3 Å². The van der Waals surface area contributed by atoms with E-state index in [0.29, 0.717) is 6.04 Å². The Labute approximate surface area is 154 Å². The summed E-state index contributed by atoms with van der Waals surface area (Å²) in [5.74, 6) is 0. The lowest BCUT2D eigenvalue weighted by Crippen LogP contribution is -2.33. The molecule has 1 aliphatic rings. The van der Waals surface area contributed by atoms with Gasteiger partial charge < -0.3 is 0 Å². The Morgan fingerprint density at radius 3 is 2.96 bits per heavy atom. The second-order valence-electron chi connectivity index (χ2n) is 7.15. The molecule has 0 aliphatic carbocycles. The van der Waals surface area contributed by atoms with Gasteiger partial charge in [-0.1, -0.05) is 6.07 Å². The van der Waals surface area contributed by atoms with Gasteiger partial charge in [-0.2, -0.15) is 0 Å². The van der Waals surface area contributed by atoms with Crippen LogP contribution in [-0.2, 0) is 13.1 Å². The maximum absolute atomic E-state index is 4.46. The maximum atomic E-state index is 4.46. The lowest BCUT2D eigenvalue weighted by atomic mass is 10.1. The van der Waals surface area contributed by atoms with Crippen LogP contribution in [0, 0.1) is 0 Å². The zero-order chi connectivity index (χ0) is 17.8. The highest BCUT2D eigenvalue weighted by Crippen LogP contribution is 2.19. The molecule has 1 fully saturated rings. The van der Waals surface area contributed by atoms with Crippen molar-refractivity contribution < 1.29 is 0 Å². The Kier molecular flexibility index (Phi) is 5.22. The summed E-state index contributed by atoms with van der Waals surface area (Å²) in [6.45, 7) is 4.13. The molecule has 0 aromatic carbocycles. The second kappa shape index (κ2) is 7.93. The van der Waals surface area contributed by atoms with Crippen molar-refractivity contribution >= 4 is 5.65 Å². The molecule has 0 saturated carbocycles. The van der Waals surface area contributed by atoms with Crippen molar-refractivity contribution in [1.29, 1.82) is 0 Å². The first-order valence-electron chi connectivity index (χ1n) is 9.38. The predicted octanol–water partition coefficient (Wildman–Crippen LogP) is 2.61. The minimum absolute atomic E-state index is 0.619. The van der Waals surface area contributed by atoms with Gasteiger partial charge in [0.2, 0.25) is 0 Å². The quantitative estimate of drug-likeness (QED) is 0.708. The normalized spacial score (nSPS) is 19.1. The number of hydrogen-bond donors (Lipinski definition) is 0. The van der Waals surface area contributed by atoms with E-state index in [-0.39, 0.29) is 0 Å². The number of fused-ring (bicyclic) bond motifs is 1. The highest BCUT2D eigenvalue weighted by atomic mass is 15.2. The van der Waals surface area contributed by atoms with Crippen LogP contribution in [0.1, 0.15) is 30.7 Å². The van der Waals surface area contributed by atoms with Gasteiger partial charge in [-0.15, -0.1) is 0 Å². The summed E-state index contributed by atoms with van der Waals surface area (Å²) in [7, 11) is 2.23. The van der Waals surface area contributed by atoms with E-state index in [1.165, 1.54) is 25.0 Å². The molecule has 1 aliphatic heterocycles. The number of aromatic nitrogens is 4. The number of rotatable bonds is 5.